The summed E-state index contributed by atoms with van der Waals surface area (Å²) in [6, 6.07) is 9.38. The van der Waals surface area contributed by atoms with Gasteiger partial charge < -0.3 is 13.9 Å². The average molecular weight is 319 g/mol. The van der Waals surface area contributed by atoms with Crippen LogP contribution in [0.1, 0.15) is 19.8 Å². The second-order valence-corrected chi connectivity index (χ2v) is 4.85. The molecule has 2 rings (SSSR count). The van der Waals surface area contributed by atoms with E-state index in [1.807, 2.05) is 30.3 Å². The van der Waals surface area contributed by atoms with Crippen LogP contribution in [0.4, 0.5) is 6.01 Å². The third-order valence-corrected chi connectivity index (χ3v) is 2.94. The molecule has 0 aliphatic rings. The molecule has 124 valence electrons. The number of carbonyl (C=O) groups is 1. The molecular weight excluding hydrogens is 298 g/mol. The molecule has 7 nitrogen and oxygen atoms in total. The van der Waals surface area contributed by atoms with Crippen LogP contribution in [0.3, 0.4) is 0 Å². The summed E-state index contributed by atoms with van der Waals surface area (Å²) >= 11 is 0. The summed E-state index contributed by atoms with van der Waals surface area (Å²) in [7, 11) is 0. The largest absolute Gasteiger partial charge is 0.403 e. The highest BCUT2D eigenvalue weighted by atomic mass is 16.5. The van der Waals surface area contributed by atoms with Gasteiger partial charge in [-0.15, -0.1) is 5.10 Å². The van der Waals surface area contributed by atoms with Crippen LogP contribution < -0.4 is 5.32 Å². The second-order valence-electron chi connectivity index (χ2n) is 4.85. The SMILES string of the molecule is CCCCOCCOCC(=O)Nc1nnc(-c2ccccc2)o1. The van der Waals surface area contributed by atoms with Gasteiger partial charge >= 0.3 is 6.01 Å². The van der Waals surface area contributed by atoms with Gasteiger partial charge in [0.1, 0.15) is 6.61 Å². The van der Waals surface area contributed by atoms with Crippen LogP contribution in [0.25, 0.3) is 11.5 Å². The maximum atomic E-state index is 11.7. The van der Waals surface area contributed by atoms with Gasteiger partial charge in [0, 0.05) is 12.2 Å². The third kappa shape index (κ3) is 6.17. The van der Waals surface area contributed by atoms with E-state index < -0.39 is 0 Å². The van der Waals surface area contributed by atoms with E-state index in [1.165, 1.54) is 0 Å². The Morgan fingerprint density at radius 1 is 1.13 bits per heavy atom. The maximum Gasteiger partial charge on any atom is 0.322 e. The zero-order valence-electron chi connectivity index (χ0n) is 13.2. The number of anilines is 1. The number of benzene rings is 1. The van der Waals surface area contributed by atoms with Crippen molar-refractivity contribution in [2.24, 2.45) is 0 Å². The minimum absolute atomic E-state index is 0.0525. The molecule has 1 amide bonds. The molecule has 0 fully saturated rings. The van der Waals surface area contributed by atoms with E-state index >= 15 is 0 Å². The first-order valence-corrected chi connectivity index (χ1v) is 7.64. The number of hydrogen-bond donors (Lipinski definition) is 1. The number of amides is 1. The number of hydrogen-bond acceptors (Lipinski definition) is 6. The summed E-state index contributed by atoms with van der Waals surface area (Å²) in [5.74, 6) is 0.00737. The normalized spacial score (nSPS) is 10.7. The molecule has 0 aliphatic heterocycles. The van der Waals surface area contributed by atoms with Crippen molar-refractivity contribution in [3.05, 3.63) is 30.3 Å². The quantitative estimate of drug-likeness (QED) is 0.677. The van der Waals surface area contributed by atoms with E-state index in [-0.39, 0.29) is 18.5 Å². The van der Waals surface area contributed by atoms with Crippen molar-refractivity contribution < 1.29 is 18.7 Å². The molecule has 0 spiro atoms. The molecule has 1 heterocycles. The van der Waals surface area contributed by atoms with Gasteiger partial charge in [-0.3, -0.25) is 10.1 Å². The lowest BCUT2D eigenvalue weighted by Crippen LogP contribution is -2.20. The molecule has 0 radical (unpaired) electrons. The number of ether oxygens (including phenoxy) is 2. The van der Waals surface area contributed by atoms with Gasteiger partial charge in [-0.1, -0.05) is 36.6 Å². The summed E-state index contributed by atoms with van der Waals surface area (Å²) in [6.07, 6.45) is 2.12. The first-order chi connectivity index (χ1) is 11.3. The fourth-order valence-electron chi connectivity index (χ4n) is 1.76. The summed E-state index contributed by atoms with van der Waals surface area (Å²) in [6.45, 7) is 3.59. The number of rotatable bonds is 10. The highest BCUT2D eigenvalue weighted by molar-refractivity contribution is 5.89. The molecule has 2 aromatic rings. The standard InChI is InChI=1S/C16H21N3O4/c1-2-3-9-21-10-11-22-12-14(20)17-16-19-18-15(23-16)13-7-5-4-6-8-13/h4-8H,2-3,9-12H2,1H3,(H,17,19,20). The van der Waals surface area contributed by atoms with E-state index in [2.05, 4.69) is 22.4 Å². The second kappa shape index (κ2) is 9.70. The molecule has 0 unspecified atom stereocenters. The van der Waals surface area contributed by atoms with Crippen LogP contribution >= 0.6 is 0 Å². The van der Waals surface area contributed by atoms with Gasteiger partial charge in [-0.25, -0.2) is 0 Å². The lowest BCUT2D eigenvalue weighted by molar-refractivity contribution is -0.121. The molecule has 0 atom stereocenters. The van der Waals surface area contributed by atoms with Crippen LogP contribution in [0, 0.1) is 0 Å². The van der Waals surface area contributed by atoms with E-state index in [0.717, 1.165) is 25.0 Å². The Labute approximate surface area is 135 Å². The minimum Gasteiger partial charge on any atom is -0.403 e. The Morgan fingerprint density at radius 2 is 1.91 bits per heavy atom. The van der Waals surface area contributed by atoms with Crippen LogP contribution in [0.5, 0.6) is 0 Å². The highest BCUT2D eigenvalue weighted by Gasteiger charge is 2.11. The van der Waals surface area contributed by atoms with Gasteiger partial charge in [0.25, 0.3) is 5.91 Å². The Hall–Kier alpha value is -2.25. The van der Waals surface area contributed by atoms with Gasteiger partial charge in [0.2, 0.25) is 5.89 Å². The van der Waals surface area contributed by atoms with Crippen LogP contribution in [0.2, 0.25) is 0 Å². The van der Waals surface area contributed by atoms with E-state index in [4.69, 9.17) is 13.9 Å². The molecule has 7 heteroatoms. The van der Waals surface area contributed by atoms with Gasteiger partial charge in [-0.2, -0.15) is 0 Å². The highest BCUT2D eigenvalue weighted by Crippen LogP contribution is 2.18. The number of nitrogens with zero attached hydrogens (tertiary/aromatic N) is 2. The maximum absolute atomic E-state index is 11.7. The zero-order valence-corrected chi connectivity index (χ0v) is 13.2. The molecular formula is C16H21N3O4. The van der Waals surface area contributed by atoms with E-state index in [9.17, 15) is 4.79 Å². The number of carbonyl (C=O) groups excluding carboxylic acids is 1. The number of aromatic nitrogens is 2. The van der Waals surface area contributed by atoms with Crippen LogP contribution in [-0.2, 0) is 14.3 Å². The van der Waals surface area contributed by atoms with Crippen LogP contribution in [0.15, 0.2) is 34.7 Å². The molecule has 1 N–H and O–H groups in total. The lowest BCUT2D eigenvalue weighted by atomic mass is 10.2. The first-order valence-electron chi connectivity index (χ1n) is 7.64. The van der Waals surface area contributed by atoms with Crippen molar-refractivity contribution in [1.82, 2.24) is 10.2 Å². The Morgan fingerprint density at radius 3 is 2.70 bits per heavy atom. The Bertz CT molecular complexity index is 586. The predicted molar refractivity (Wildman–Crippen MR) is 84.9 cm³/mol. The molecule has 0 aliphatic carbocycles. The van der Waals surface area contributed by atoms with Crippen molar-refractivity contribution in [3.8, 4) is 11.5 Å². The first kappa shape index (κ1) is 17.1. The Balaban J connectivity index is 1.67. The summed E-state index contributed by atoms with van der Waals surface area (Å²) in [5.41, 5.74) is 0.793. The van der Waals surface area contributed by atoms with Crippen molar-refractivity contribution in [1.29, 1.82) is 0 Å². The Kier molecular flexibility index (Phi) is 7.22. The van der Waals surface area contributed by atoms with Crippen LogP contribution in [-0.4, -0.2) is 42.5 Å². The fraction of sp³-hybridized carbons (Fsp3) is 0.438. The molecule has 0 bridgehead atoms. The average Bonchev–Trinajstić information content (AvgIpc) is 3.03. The van der Waals surface area contributed by atoms with Gasteiger partial charge in [0.15, 0.2) is 0 Å². The van der Waals surface area contributed by atoms with Gasteiger partial charge in [-0.05, 0) is 18.6 Å². The molecule has 23 heavy (non-hydrogen) atoms. The fourth-order valence-corrected chi connectivity index (χ4v) is 1.76. The van der Waals surface area contributed by atoms with Crippen molar-refractivity contribution in [2.45, 2.75) is 19.8 Å². The van der Waals surface area contributed by atoms with E-state index in [1.54, 1.807) is 0 Å². The predicted octanol–water partition coefficient (Wildman–Crippen LogP) is 2.51. The lowest BCUT2D eigenvalue weighted by Gasteiger charge is -2.04. The molecule has 1 aromatic heterocycles. The summed E-state index contributed by atoms with van der Waals surface area (Å²) in [4.78, 5) is 11.7. The monoisotopic (exact) mass is 319 g/mol. The zero-order chi connectivity index (χ0) is 16.3. The summed E-state index contributed by atoms with van der Waals surface area (Å²) < 4.78 is 15.9. The summed E-state index contributed by atoms with van der Waals surface area (Å²) in [5, 5.41) is 10.2. The van der Waals surface area contributed by atoms with Crippen molar-refractivity contribution in [2.75, 3.05) is 31.7 Å². The molecule has 0 saturated heterocycles. The molecule has 0 saturated carbocycles. The third-order valence-electron chi connectivity index (χ3n) is 2.94. The number of unbranched alkanes of at least 4 members (excludes halogenated alkanes) is 1. The van der Waals surface area contributed by atoms with E-state index in [0.29, 0.717) is 19.1 Å². The van der Waals surface area contributed by atoms with Crippen molar-refractivity contribution >= 4 is 11.9 Å². The number of nitrogens with one attached hydrogen (secondary N) is 1. The van der Waals surface area contributed by atoms with Gasteiger partial charge in [0.05, 0.1) is 13.2 Å². The minimum atomic E-state index is -0.346. The topological polar surface area (TPSA) is 86.5 Å². The molecule has 1 aromatic carbocycles. The smallest absolute Gasteiger partial charge is 0.322 e. The van der Waals surface area contributed by atoms with Crippen molar-refractivity contribution in [3.63, 3.8) is 0 Å².